The van der Waals surface area contributed by atoms with Crippen LogP contribution in [0.5, 0.6) is 0 Å². The smallest absolute Gasteiger partial charge is 0.144 e. The summed E-state index contributed by atoms with van der Waals surface area (Å²) in [4.78, 5) is 0. The molecule has 0 aliphatic rings. The average molecular weight is 462 g/mol. The highest BCUT2D eigenvalue weighted by Gasteiger charge is 2.16. The molecule has 2 nitrogen and oxygen atoms in total. The molecule has 0 bridgehead atoms. The molecule has 2 heterocycles. The van der Waals surface area contributed by atoms with E-state index in [4.69, 9.17) is 40.7 Å². The van der Waals surface area contributed by atoms with Crippen molar-refractivity contribution in [2.24, 2.45) is 0 Å². The van der Waals surface area contributed by atoms with Crippen LogP contribution in [0.3, 0.4) is 0 Å². The van der Waals surface area contributed by atoms with Crippen molar-refractivity contribution in [2.45, 2.75) is 0 Å². The second-order valence-corrected chi connectivity index (χ2v) is 7.33. The van der Waals surface area contributed by atoms with E-state index >= 15 is 0 Å². The van der Waals surface area contributed by atoms with Gasteiger partial charge in [-0.1, -0.05) is 78.1 Å². The molecule has 0 saturated carbocycles. The molecular weight excluding hydrogens is 426 g/mol. The SMILES string of the molecule is [2H]c1c([2H])c(-n2c3c([2H])c([2H])c([2H])c([2H])c3c3c([2H])c([2H])c([2H])c([2H])c32)c([2H])c([2H])c1-c1c([2H])c([2H])c(Cl)c2c1oc1c([2H])c([2H])c([2H])c([2H])c12. The Morgan fingerprint density at radius 3 is 1.94 bits per heavy atom. The molecule has 156 valence electrons. The molecule has 0 amide bonds. The van der Waals surface area contributed by atoms with Gasteiger partial charge in [0.25, 0.3) is 0 Å². The molecule has 0 fully saturated rings. The molecule has 33 heavy (non-hydrogen) atoms. The molecular formula is C30H18ClNO. The highest BCUT2D eigenvalue weighted by molar-refractivity contribution is 6.38. The van der Waals surface area contributed by atoms with Gasteiger partial charge in [0.1, 0.15) is 11.2 Å². The van der Waals surface area contributed by atoms with E-state index in [2.05, 4.69) is 0 Å². The van der Waals surface area contributed by atoms with Gasteiger partial charge in [-0.3, -0.25) is 0 Å². The maximum absolute atomic E-state index is 9.13. The van der Waals surface area contributed by atoms with Gasteiger partial charge < -0.3 is 8.98 Å². The van der Waals surface area contributed by atoms with E-state index in [1.807, 2.05) is 0 Å². The van der Waals surface area contributed by atoms with E-state index in [1.54, 1.807) is 0 Å². The molecule has 7 rings (SSSR count). The number of rotatable bonds is 2. The second-order valence-electron chi connectivity index (χ2n) is 6.96. The van der Waals surface area contributed by atoms with Crippen LogP contribution < -0.4 is 0 Å². The number of para-hydroxylation sites is 3. The maximum Gasteiger partial charge on any atom is 0.144 e. The van der Waals surface area contributed by atoms with E-state index in [0.29, 0.717) is 0 Å². The maximum atomic E-state index is 9.13. The number of aromatic nitrogens is 1. The van der Waals surface area contributed by atoms with Crippen LogP contribution >= 0.6 is 11.6 Å². The fourth-order valence-corrected chi connectivity index (χ4v) is 4.03. The third kappa shape index (κ3) is 2.68. The fraction of sp³-hybridized carbons (Fsp3) is 0. The number of benzene rings is 5. The van der Waals surface area contributed by atoms with Crippen molar-refractivity contribution >= 4 is 55.3 Å². The highest BCUT2D eigenvalue weighted by atomic mass is 35.5. The van der Waals surface area contributed by atoms with Crippen LogP contribution in [-0.2, 0) is 0 Å². The normalized spacial score (nSPS) is 19.4. The molecule has 0 N–H and O–H groups in total. The Balaban J connectivity index is 1.70. The lowest BCUT2D eigenvalue weighted by molar-refractivity contribution is 0.670. The number of nitrogens with zero attached hydrogens (tertiary/aromatic N) is 1. The average Bonchev–Trinajstić information content (AvgIpc) is 3.67. The molecule has 7 aromatic rings. The topological polar surface area (TPSA) is 18.1 Å². The summed E-state index contributed by atoms with van der Waals surface area (Å²) in [6, 6.07) is -13.1. The lowest BCUT2D eigenvalue weighted by Gasteiger charge is -2.10. The van der Waals surface area contributed by atoms with Crippen LogP contribution in [0, 0.1) is 0 Å². The first-order valence-electron chi connectivity index (χ1n) is 18.5. The summed E-state index contributed by atoms with van der Waals surface area (Å²) < 4.78 is 161. The van der Waals surface area contributed by atoms with Gasteiger partial charge in [0.05, 0.1) is 40.7 Å². The third-order valence-corrected chi connectivity index (χ3v) is 5.48. The zero-order valence-corrected chi connectivity index (χ0v) is 17.0. The van der Waals surface area contributed by atoms with Gasteiger partial charge in [0, 0.05) is 32.8 Å². The minimum atomic E-state index is -0.876. The Kier molecular flexibility index (Phi) is 1.71. The highest BCUT2D eigenvalue weighted by Crippen LogP contribution is 2.40. The number of fused-ring (bicyclic) bond motifs is 6. The molecule has 0 aliphatic heterocycles. The van der Waals surface area contributed by atoms with Crippen molar-refractivity contribution in [1.82, 2.24) is 4.57 Å². The summed E-state index contributed by atoms with van der Waals surface area (Å²) in [6.45, 7) is 0. The molecule has 0 spiro atoms. The second kappa shape index (κ2) is 6.99. The molecule has 5 aromatic carbocycles. The Morgan fingerprint density at radius 1 is 0.636 bits per heavy atom. The summed E-state index contributed by atoms with van der Waals surface area (Å²) >= 11 is 6.46. The van der Waals surface area contributed by atoms with Gasteiger partial charge in [-0.15, -0.1) is 0 Å². The summed E-state index contributed by atoms with van der Waals surface area (Å²) in [6.07, 6.45) is 0. The third-order valence-electron chi connectivity index (χ3n) is 5.20. The minimum absolute atomic E-state index is 0.231. The van der Waals surface area contributed by atoms with Crippen LogP contribution in [0.4, 0.5) is 0 Å². The first-order chi connectivity index (χ1) is 23.8. The molecule has 0 saturated heterocycles. The predicted octanol–water partition coefficient (Wildman–Crippen LogP) is 9.00. The molecule has 0 atom stereocenters. The van der Waals surface area contributed by atoms with E-state index in [-0.39, 0.29) is 21.5 Å². The van der Waals surface area contributed by atoms with Crippen LogP contribution in [-0.4, -0.2) is 4.57 Å². The summed E-state index contributed by atoms with van der Waals surface area (Å²) in [7, 11) is 0. The minimum Gasteiger partial charge on any atom is -0.455 e. The Hall–Kier alpha value is -4.01. The van der Waals surface area contributed by atoms with E-state index in [1.165, 1.54) is 0 Å². The Labute approximate surface area is 220 Å². The largest absolute Gasteiger partial charge is 0.455 e. The van der Waals surface area contributed by atoms with Crippen LogP contribution in [0.25, 0.3) is 60.6 Å². The number of halogens is 1. The molecule has 0 aliphatic carbocycles. The van der Waals surface area contributed by atoms with Crippen molar-refractivity contribution in [3.8, 4) is 16.8 Å². The van der Waals surface area contributed by atoms with E-state index in [0.717, 1.165) is 4.57 Å². The number of hydrogen-bond donors (Lipinski definition) is 0. The molecule has 0 unspecified atom stereocenters. The van der Waals surface area contributed by atoms with Crippen LogP contribution in [0.15, 0.2) is 113 Å². The van der Waals surface area contributed by atoms with Gasteiger partial charge in [-0.05, 0) is 47.9 Å². The van der Waals surface area contributed by atoms with Gasteiger partial charge in [0.2, 0.25) is 0 Å². The van der Waals surface area contributed by atoms with E-state index in [9.17, 15) is 0 Å². The van der Waals surface area contributed by atoms with Crippen molar-refractivity contribution in [3.63, 3.8) is 0 Å². The number of furan rings is 1. The first kappa shape index (κ1) is 8.09. The zero-order valence-electron chi connectivity index (χ0n) is 34.2. The lowest BCUT2D eigenvalue weighted by atomic mass is 10.0. The van der Waals surface area contributed by atoms with Gasteiger partial charge >= 0.3 is 0 Å². The van der Waals surface area contributed by atoms with Crippen LogP contribution in [0.1, 0.15) is 24.7 Å². The summed E-state index contributed by atoms with van der Waals surface area (Å²) in [5, 5.41) is -1.60. The molecule has 0 radical (unpaired) electrons. The predicted molar refractivity (Wildman–Crippen MR) is 139 cm³/mol. The van der Waals surface area contributed by atoms with Crippen molar-refractivity contribution < 1.29 is 29.1 Å². The standard InChI is InChI=1S/C30H18ClNO/c31-25-18-17-21(30-29(25)24-9-3-6-12-28(24)33-30)19-13-15-20(16-14-19)32-26-10-4-1-7-22(26)23-8-2-5-11-27(23)32/h1-18H/i1D,2D,3D,4D,5D,6D,7D,8D,9D,10D,11D,12D,13D,14D,15D,16D,17D,18D. The molecule has 2 aromatic heterocycles. The van der Waals surface area contributed by atoms with Crippen LogP contribution in [0.2, 0.25) is 5.02 Å². The monoisotopic (exact) mass is 461 g/mol. The van der Waals surface area contributed by atoms with Crippen molar-refractivity contribution in [2.75, 3.05) is 0 Å². The quantitative estimate of drug-likeness (QED) is 0.251. The molecule has 3 heteroatoms. The zero-order chi connectivity index (χ0) is 37.6. The first-order valence-corrected chi connectivity index (χ1v) is 9.90. The summed E-state index contributed by atoms with van der Waals surface area (Å²) in [5.74, 6) is 0. The van der Waals surface area contributed by atoms with Crippen molar-refractivity contribution in [3.05, 3.63) is 114 Å². The fourth-order valence-electron chi connectivity index (χ4n) is 3.81. The lowest BCUT2D eigenvalue weighted by Crippen LogP contribution is -1.93. The van der Waals surface area contributed by atoms with Gasteiger partial charge in [-0.25, -0.2) is 0 Å². The Morgan fingerprint density at radius 2 is 1.24 bits per heavy atom. The van der Waals surface area contributed by atoms with Crippen molar-refractivity contribution in [1.29, 1.82) is 0 Å². The number of hydrogen-bond acceptors (Lipinski definition) is 1. The summed E-state index contributed by atoms with van der Waals surface area (Å²) in [5.41, 5.74) is -3.46. The van der Waals surface area contributed by atoms with Gasteiger partial charge in [0.15, 0.2) is 0 Å². The van der Waals surface area contributed by atoms with Gasteiger partial charge in [-0.2, -0.15) is 0 Å². The Bertz CT molecular complexity index is 2700. The van der Waals surface area contributed by atoms with E-state index < -0.39 is 153 Å².